The van der Waals surface area contributed by atoms with Crippen LogP contribution < -0.4 is 5.32 Å². The summed E-state index contributed by atoms with van der Waals surface area (Å²) in [4.78, 5) is 0. The van der Waals surface area contributed by atoms with Crippen LogP contribution in [-0.4, -0.2) is 0 Å². The van der Waals surface area contributed by atoms with Crippen LogP contribution in [0.2, 0.25) is 0 Å². The number of hydrogen-bond donors (Lipinski definition) is 1. The van der Waals surface area contributed by atoms with Gasteiger partial charge in [-0.05, 0) is 32.0 Å². The highest BCUT2D eigenvalue weighted by molar-refractivity contribution is 5.64. The highest BCUT2D eigenvalue weighted by Gasteiger charge is 2.35. The summed E-state index contributed by atoms with van der Waals surface area (Å²) in [6.07, 6.45) is -4.53. The molecule has 0 atom stereocenters. The summed E-state index contributed by atoms with van der Waals surface area (Å²) in [6, 6.07) is 12.2. The van der Waals surface area contributed by atoms with Crippen LogP contribution in [0.15, 0.2) is 63.4 Å². The van der Waals surface area contributed by atoms with E-state index in [2.05, 4.69) is 17.5 Å². The Hall–Kier alpha value is -3.45. The van der Waals surface area contributed by atoms with Gasteiger partial charge in [-0.1, -0.05) is 18.2 Å². The third kappa shape index (κ3) is 3.20. The number of nitriles is 2. The number of alkyl halides is 3. The fraction of sp³-hybridized carbons (Fsp3) is 0.200. The van der Waals surface area contributed by atoms with Crippen LogP contribution in [-0.2, 0) is 6.18 Å². The quantitative estimate of drug-likeness (QED) is 0.785. The number of dihydropyridines is 1. The first kappa shape index (κ1) is 18.3. The van der Waals surface area contributed by atoms with E-state index in [1.165, 1.54) is 30.3 Å². The largest absolute Gasteiger partial charge is 0.460 e. The van der Waals surface area contributed by atoms with Crippen molar-refractivity contribution in [2.45, 2.75) is 25.9 Å². The van der Waals surface area contributed by atoms with Gasteiger partial charge in [-0.3, -0.25) is 0 Å². The van der Waals surface area contributed by atoms with Gasteiger partial charge in [-0.15, -0.1) is 0 Å². The lowest BCUT2D eigenvalue weighted by atomic mass is 9.85. The highest BCUT2D eigenvalue weighted by atomic mass is 19.4. The summed E-state index contributed by atoms with van der Waals surface area (Å²) in [7, 11) is 0. The third-order valence-corrected chi connectivity index (χ3v) is 4.41. The molecule has 0 aliphatic carbocycles. The molecule has 7 heteroatoms. The van der Waals surface area contributed by atoms with Gasteiger partial charge >= 0.3 is 6.18 Å². The van der Waals surface area contributed by atoms with E-state index >= 15 is 0 Å². The van der Waals surface area contributed by atoms with Crippen molar-refractivity contribution in [2.24, 2.45) is 0 Å². The zero-order valence-electron chi connectivity index (χ0n) is 14.5. The molecule has 0 radical (unpaired) electrons. The molecule has 0 bridgehead atoms. The Balaban J connectivity index is 2.13. The molecule has 1 aliphatic heterocycles. The van der Waals surface area contributed by atoms with E-state index in [4.69, 9.17) is 4.42 Å². The second-order valence-corrected chi connectivity index (χ2v) is 6.10. The molecule has 136 valence electrons. The fourth-order valence-corrected chi connectivity index (χ4v) is 3.17. The maximum absolute atomic E-state index is 13.3. The molecule has 0 amide bonds. The number of hydrogen-bond acceptors (Lipinski definition) is 4. The lowest BCUT2D eigenvalue weighted by Gasteiger charge is -2.24. The van der Waals surface area contributed by atoms with Crippen LogP contribution in [0, 0.1) is 22.7 Å². The van der Waals surface area contributed by atoms with Crippen LogP contribution in [0.25, 0.3) is 11.3 Å². The van der Waals surface area contributed by atoms with Gasteiger partial charge in [0.25, 0.3) is 0 Å². The number of halogens is 3. The molecule has 0 saturated heterocycles. The minimum atomic E-state index is -4.53. The molecule has 0 spiro atoms. The summed E-state index contributed by atoms with van der Waals surface area (Å²) >= 11 is 0. The number of nitrogens with one attached hydrogen (secondary N) is 1. The Bertz CT molecular complexity index is 1010. The molecule has 4 nitrogen and oxygen atoms in total. The first-order valence-corrected chi connectivity index (χ1v) is 8.03. The standard InChI is InChI=1S/C20H14F3N3O/c1-11-14(9-24)19(15(10-25)12(2)26-11)18-8-7-17(27-18)13-5-3-4-6-16(13)20(21,22)23/h3-8,19,26H,1-2H3. The molecule has 0 unspecified atom stereocenters. The topological polar surface area (TPSA) is 72.8 Å². The molecule has 1 aromatic carbocycles. The lowest BCUT2D eigenvalue weighted by molar-refractivity contribution is -0.137. The van der Waals surface area contributed by atoms with E-state index < -0.39 is 17.7 Å². The van der Waals surface area contributed by atoms with E-state index in [9.17, 15) is 23.7 Å². The summed E-state index contributed by atoms with van der Waals surface area (Å²) in [5, 5.41) is 22.0. The molecule has 1 aromatic heterocycles. The maximum atomic E-state index is 13.3. The van der Waals surface area contributed by atoms with Crippen LogP contribution in [0.4, 0.5) is 13.2 Å². The van der Waals surface area contributed by atoms with Crippen molar-refractivity contribution < 1.29 is 17.6 Å². The zero-order valence-corrected chi connectivity index (χ0v) is 14.5. The van der Waals surface area contributed by atoms with Gasteiger partial charge < -0.3 is 9.73 Å². The minimum Gasteiger partial charge on any atom is -0.460 e. The second-order valence-electron chi connectivity index (χ2n) is 6.10. The predicted molar refractivity (Wildman–Crippen MR) is 91.6 cm³/mol. The van der Waals surface area contributed by atoms with Crippen molar-refractivity contribution in [1.82, 2.24) is 5.32 Å². The van der Waals surface area contributed by atoms with Crippen molar-refractivity contribution in [3.8, 4) is 23.5 Å². The molecule has 2 heterocycles. The molecule has 2 aromatic rings. The van der Waals surface area contributed by atoms with Crippen molar-refractivity contribution in [3.05, 3.63) is 70.3 Å². The van der Waals surface area contributed by atoms with E-state index in [0.29, 0.717) is 22.5 Å². The smallest absolute Gasteiger partial charge is 0.417 e. The number of allylic oxidation sites excluding steroid dienone is 4. The molecule has 1 aliphatic rings. The van der Waals surface area contributed by atoms with Gasteiger partial charge in [0, 0.05) is 17.0 Å². The van der Waals surface area contributed by atoms with Crippen LogP contribution in [0.3, 0.4) is 0 Å². The second kappa shape index (κ2) is 6.69. The Labute approximate surface area is 153 Å². The average molecular weight is 369 g/mol. The predicted octanol–water partition coefficient (Wildman–Crippen LogP) is 5.25. The Morgan fingerprint density at radius 3 is 2.11 bits per heavy atom. The maximum Gasteiger partial charge on any atom is 0.417 e. The minimum absolute atomic E-state index is 0.0290. The van der Waals surface area contributed by atoms with Gasteiger partial charge in [0.15, 0.2) is 0 Å². The van der Waals surface area contributed by atoms with Gasteiger partial charge in [0.05, 0.1) is 34.8 Å². The molecule has 0 fully saturated rings. The molecular formula is C20H14F3N3O. The monoisotopic (exact) mass is 369 g/mol. The van der Waals surface area contributed by atoms with Crippen molar-refractivity contribution in [2.75, 3.05) is 0 Å². The highest BCUT2D eigenvalue weighted by Crippen LogP contribution is 2.41. The third-order valence-electron chi connectivity index (χ3n) is 4.41. The van der Waals surface area contributed by atoms with Crippen LogP contribution in [0.5, 0.6) is 0 Å². The van der Waals surface area contributed by atoms with Gasteiger partial charge in [-0.25, -0.2) is 0 Å². The molecule has 0 saturated carbocycles. The molecule has 3 rings (SSSR count). The normalized spacial score (nSPS) is 15.4. The lowest BCUT2D eigenvalue weighted by Crippen LogP contribution is -2.23. The van der Waals surface area contributed by atoms with E-state index in [-0.39, 0.29) is 17.1 Å². The van der Waals surface area contributed by atoms with Crippen LogP contribution >= 0.6 is 0 Å². The SMILES string of the molecule is CC1=C(C#N)C(c2ccc(-c3ccccc3C(F)(F)F)o2)C(C#N)=C(C)N1. The summed E-state index contributed by atoms with van der Waals surface area (Å²) in [5.41, 5.74) is 0.837. The van der Waals surface area contributed by atoms with Gasteiger partial charge in [0.1, 0.15) is 11.5 Å². The number of rotatable bonds is 2. The molecule has 1 N–H and O–H groups in total. The van der Waals surface area contributed by atoms with E-state index in [1.807, 2.05) is 0 Å². The number of furan rings is 1. The Kier molecular flexibility index (Phi) is 4.55. The van der Waals surface area contributed by atoms with E-state index in [0.717, 1.165) is 6.07 Å². The zero-order chi connectivity index (χ0) is 19.8. The van der Waals surface area contributed by atoms with Crippen molar-refractivity contribution in [1.29, 1.82) is 10.5 Å². The Morgan fingerprint density at radius 1 is 0.963 bits per heavy atom. The first-order chi connectivity index (χ1) is 12.8. The van der Waals surface area contributed by atoms with Crippen molar-refractivity contribution in [3.63, 3.8) is 0 Å². The van der Waals surface area contributed by atoms with Gasteiger partial charge in [0.2, 0.25) is 0 Å². The summed E-state index contributed by atoms with van der Waals surface area (Å²) < 4.78 is 45.5. The Morgan fingerprint density at radius 2 is 1.56 bits per heavy atom. The van der Waals surface area contributed by atoms with Crippen LogP contribution in [0.1, 0.15) is 31.1 Å². The average Bonchev–Trinajstić information content (AvgIpc) is 3.10. The summed E-state index contributed by atoms with van der Waals surface area (Å²) in [6.45, 7) is 3.40. The van der Waals surface area contributed by atoms with Gasteiger partial charge in [-0.2, -0.15) is 23.7 Å². The van der Waals surface area contributed by atoms with Crippen molar-refractivity contribution >= 4 is 0 Å². The first-order valence-electron chi connectivity index (χ1n) is 8.03. The number of benzene rings is 1. The summed E-state index contributed by atoms with van der Waals surface area (Å²) in [5.74, 6) is -0.482. The molecular weight excluding hydrogens is 355 g/mol. The number of nitrogens with zero attached hydrogens (tertiary/aromatic N) is 2. The van der Waals surface area contributed by atoms with E-state index in [1.54, 1.807) is 13.8 Å². The fourth-order valence-electron chi connectivity index (χ4n) is 3.17. The molecule has 27 heavy (non-hydrogen) atoms.